The van der Waals surface area contributed by atoms with Crippen LogP contribution in [-0.4, -0.2) is 31.5 Å². The van der Waals surface area contributed by atoms with E-state index in [1.54, 1.807) is 17.9 Å². The number of fused-ring (bicyclic) bond motifs is 1. The normalized spacial score (nSPS) is 11.8. The summed E-state index contributed by atoms with van der Waals surface area (Å²) in [5.74, 6) is 0.718. The number of aromatic nitrogens is 5. The topological polar surface area (TPSA) is 91.4 Å². The van der Waals surface area contributed by atoms with Crippen molar-refractivity contribution in [1.82, 2.24) is 24.4 Å². The Kier molecular flexibility index (Phi) is 6.64. The van der Waals surface area contributed by atoms with E-state index in [-0.39, 0.29) is 22.6 Å². The van der Waals surface area contributed by atoms with E-state index in [4.69, 9.17) is 9.84 Å². The summed E-state index contributed by atoms with van der Waals surface area (Å²) in [5.41, 5.74) is 3.55. The predicted octanol–water partition coefficient (Wildman–Crippen LogP) is 4.27. The maximum atomic E-state index is 13.4. The van der Waals surface area contributed by atoms with Crippen molar-refractivity contribution in [3.63, 3.8) is 0 Å². The molecular formula is C29H20BrN5O3S. The SMILES string of the molecule is COc1ccc(Cc2nn3c(=O)c(=Cc4cn(-c5ccccc5)nc4-c4ccc(Br)cc4)sc3nc2=O)cc1. The van der Waals surface area contributed by atoms with Crippen molar-refractivity contribution in [1.29, 1.82) is 0 Å². The Balaban J connectivity index is 1.45. The number of nitrogens with zero attached hydrogens (tertiary/aromatic N) is 5. The summed E-state index contributed by atoms with van der Waals surface area (Å²) in [6.07, 6.45) is 3.92. The van der Waals surface area contributed by atoms with E-state index in [0.717, 1.165) is 49.6 Å². The lowest BCUT2D eigenvalue weighted by Crippen LogP contribution is -2.28. The molecule has 6 aromatic rings. The Bertz CT molecular complexity index is 1970. The first-order valence-electron chi connectivity index (χ1n) is 12.0. The van der Waals surface area contributed by atoms with Gasteiger partial charge in [-0.25, -0.2) is 4.68 Å². The summed E-state index contributed by atoms with van der Waals surface area (Å²) in [6.45, 7) is 0. The number of hydrogen-bond donors (Lipinski definition) is 0. The van der Waals surface area contributed by atoms with Crippen LogP contribution in [-0.2, 0) is 6.42 Å². The van der Waals surface area contributed by atoms with Crippen LogP contribution in [0.4, 0.5) is 0 Å². The highest BCUT2D eigenvalue weighted by molar-refractivity contribution is 9.10. The summed E-state index contributed by atoms with van der Waals surface area (Å²) in [5, 5.41) is 9.20. The largest absolute Gasteiger partial charge is 0.497 e. The lowest BCUT2D eigenvalue weighted by atomic mass is 10.1. The molecule has 10 heteroatoms. The molecule has 6 rings (SSSR count). The molecule has 0 fully saturated rings. The van der Waals surface area contributed by atoms with E-state index in [1.165, 1.54) is 4.52 Å². The molecule has 0 bridgehead atoms. The third-order valence-electron chi connectivity index (χ3n) is 6.15. The minimum Gasteiger partial charge on any atom is -0.497 e. The lowest BCUT2D eigenvalue weighted by Gasteiger charge is -2.02. The van der Waals surface area contributed by atoms with Gasteiger partial charge >= 0.3 is 0 Å². The van der Waals surface area contributed by atoms with Crippen LogP contribution in [0.3, 0.4) is 0 Å². The standard InChI is InChI=1S/C29H20BrN5O3S/c1-38-23-13-7-18(8-14-23)15-24-27(36)31-29-35(32-24)28(37)25(39-29)16-20-17-34(22-5-3-2-4-6-22)33-26(20)19-9-11-21(30)12-10-19/h2-14,16-17H,15H2,1H3. The summed E-state index contributed by atoms with van der Waals surface area (Å²) in [7, 11) is 1.59. The third-order valence-corrected chi connectivity index (χ3v) is 7.64. The van der Waals surface area contributed by atoms with Crippen LogP contribution >= 0.6 is 27.3 Å². The van der Waals surface area contributed by atoms with Crippen LogP contribution < -0.4 is 20.4 Å². The molecule has 0 aliphatic heterocycles. The van der Waals surface area contributed by atoms with E-state index in [2.05, 4.69) is 26.0 Å². The maximum absolute atomic E-state index is 13.4. The molecule has 0 amide bonds. The molecule has 0 radical (unpaired) electrons. The van der Waals surface area contributed by atoms with E-state index >= 15 is 0 Å². The predicted molar refractivity (Wildman–Crippen MR) is 155 cm³/mol. The van der Waals surface area contributed by atoms with Gasteiger partial charge in [0, 0.05) is 28.2 Å². The maximum Gasteiger partial charge on any atom is 0.296 e. The second-order valence-corrected chi connectivity index (χ2v) is 10.6. The highest BCUT2D eigenvalue weighted by Crippen LogP contribution is 2.26. The Hall–Kier alpha value is -4.41. The van der Waals surface area contributed by atoms with Crippen LogP contribution in [0.1, 0.15) is 16.8 Å². The Labute approximate surface area is 234 Å². The molecule has 192 valence electrons. The third kappa shape index (κ3) is 5.04. The molecule has 0 atom stereocenters. The number of para-hydroxylation sites is 1. The van der Waals surface area contributed by atoms with E-state index in [0.29, 0.717) is 4.53 Å². The second-order valence-electron chi connectivity index (χ2n) is 8.72. The van der Waals surface area contributed by atoms with Gasteiger partial charge in [-0.05, 0) is 48.0 Å². The monoisotopic (exact) mass is 597 g/mol. The molecule has 0 spiro atoms. The van der Waals surface area contributed by atoms with E-state index < -0.39 is 5.56 Å². The molecule has 0 saturated heterocycles. The number of thiazole rings is 1. The molecule has 39 heavy (non-hydrogen) atoms. The number of hydrogen-bond acceptors (Lipinski definition) is 7. The van der Waals surface area contributed by atoms with Gasteiger partial charge in [0.05, 0.1) is 23.0 Å². The van der Waals surface area contributed by atoms with Crippen molar-refractivity contribution >= 4 is 38.3 Å². The van der Waals surface area contributed by atoms with Crippen LogP contribution in [0, 0.1) is 0 Å². The molecule has 0 aliphatic rings. The summed E-state index contributed by atoms with van der Waals surface area (Å²) < 4.78 is 9.54. The summed E-state index contributed by atoms with van der Waals surface area (Å²) in [4.78, 5) is 30.5. The average Bonchev–Trinajstić information content (AvgIpc) is 3.51. The zero-order chi connectivity index (χ0) is 26.9. The summed E-state index contributed by atoms with van der Waals surface area (Å²) >= 11 is 4.60. The van der Waals surface area contributed by atoms with Gasteiger partial charge in [-0.3, -0.25) is 9.59 Å². The van der Waals surface area contributed by atoms with E-state index in [9.17, 15) is 9.59 Å². The average molecular weight is 598 g/mol. The number of methoxy groups -OCH3 is 1. The van der Waals surface area contributed by atoms with Gasteiger partial charge in [-0.2, -0.15) is 19.7 Å². The first kappa shape index (κ1) is 24.9. The first-order chi connectivity index (χ1) is 19.0. The van der Waals surface area contributed by atoms with Crippen molar-refractivity contribution in [2.75, 3.05) is 7.11 Å². The number of halogens is 1. The van der Waals surface area contributed by atoms with Gasteiger partial charge in [0.1, 0.15) is 11.4 Å². The number of rotatable bonds is 6. The fourth-order valence-electron chi connectivity index (χ4n) is 4.17. The van der Waals surface area contributed by atoms with Crippen molar-refractivity contribution in [3.05, 3.63) is 132 Å². The van der Waals surface area contributed by atoms with Crippen LogP contribution in [0.25, 0.3) is 28.0 Å². The smallest absolute Gasteiger partial charge is 0.296 e. The van der Waals surface area contributed by atoms with Crippen molar-refractivity contribution in [3.8, 4) is 22.7 Å². The molecule has 0 unspecified atom stereocenters. The first-order valence-corrected chi connectivity index (χ1v) is 13.6. The minimum atomic E-state index is -0.453. The van der Waals surface area contributed by atoms with Crippen molar-refractivity contribution in [2.24, 2.45) is 0 Å². The van der Waals surface area contributed by atoms with Crippen LogP contribution in [0.5, 0.6) is 5.75 Å². The van der Waals surface area contributed by atoms with E-state index in [1.807, 2.05) is 85.1 Å². The van der Waals surface area contributed by atoms with Crippen molar-refractivity contribution < 1.29 is 4.74 Å². The lowest BCUT2D eigenvalue weighted by molar-refractivity contribution is 0.414. The fraction of sp³-hybridized carbons (Fsp3) is 0.0690. The van der Waals surface area contributed by atoms with Gasteiger partial charge in [-0.15, -0.1) is 0 Å². The summed E-state index contributed by atoms with van der Waals surface area (Å²) in [6, 6.07) is 24.9. The molecule has 3 heterocycles. The fourth-order valence-corrected chi connectivity index (χ4v) is 5.33. The molecule has 3 aromatic heterocycles. The zero-order valence-electron chi connectivity index (χ0n) is 20.6. The zero-order valence-corrected chi connectivity index (χ0v) is 23.0. The minimum absolute atomic E-state index is 0.201. The van der Waals surface area contributed by atoms with Gasteiger partial charge in [-0.1, -0.05) is 69.7 Å². The quantitative estimate of drug-likeness (QED) is 0.285. The number of benzene rings is 3. The highest BCUT2D eigenvalue weighted by atomic mass is 79.9. The Morgan fingerprint density at radius 1 is 0.949 bits per heavy atom. The van der Waals surface area contributed by atoms with Gasteiger partial charge in [0.15, 0.2) is 0 Å². The van der Waals surface area contributed by atoms with Gasteiger partial charge in [0.25, 0.3) is 11.1 Å². The second kappa shape index (κ2) is 10.4. The molecule has 0 aliphatic carbocycles. The molecular weight excluding hydrogens is 578 g/mol. The highest BCUT2D eigenvalue weighted by Gasteiger charge is 2.15. The van der Waals surface area contributed by atoms with Crippen LogP contribution in [0.15, 0.2) is 99.1 Å². The number of ether oxygens (including phenoxy) is 1. The molecule has 3 aromatic carbocycles. The van der Waals surface area contributed by atoms with Crippen LogP contribution in [0.2, 0.25) is 0 Å². The van der Waals surface area contributed by atoms with Gasteiger partial charge in [0.2, 0.25) is 4.96 Å². The molecule has 0 N–H and O–H groups in total. The molecule has 0 saturated carbocycles. The van der Waals surface area contributed by atoms with Crippen molar-refractivity contribution in [2.45, 2.75) is 6.42 Å². The molecule has 8 nitrogen and oxygen atoms in total. The Morgan fingerprint density at radius 3 is 2.41 bits per heavy atom. The Morgan fingerprint density at radius 2 is 1.69 bits per heavy atom. The van der Waals surface area contributed by atoms with Gasteiger partial charge < -0.3 is 4.74 Å².